The average Bonchev–Trinajstić information content (AvgIpc) is 3.81. The number of nitrogens with zero attached hydrogens (tertiary/aromatic N) is 4. The van der Waals surface area contributed by atoms with Crippen LogP contribution < -0.4 is 27.0 Å². The van der Waals surface area contributed by atoms with E-state index in [1.54, 1.807) is 12.1 Å². The van der Waals surface area contributed by atoms with E-state index in [9.17, 15) is 55.9 Å². The van der Waals surface area contributed by atoms with Crippen molar-refractivity contribution in [1.82, 2.24) is 20.2 Å². The van der Waals surface area contributed by atoms with E-state index in [0.29, 0.717) is 30.9 Å². The summed E-state index contributed by atoms with van der Waals surface area (Å²) in [6.07, 6.45) is 9.79. The lowest BCUT2D eigenvalue weighted by molar-refractivity contribution is -0.438. The summed E-state index contributed by atoms with van der Waals surface area (Å²) in [6.45, 7) is 15.1. The van der Waals surface area contributed by atoms with Crippen LogP contribution in [-0.4, -0.2) is 125 Å². The lowest BCUT2D eigenvalue weighted by Gasteiger charge is -2.25. The van der Waals surface area contributed by atoms with Gasteiger partial charge in [-0.15, -0.1) is 0 Å². The Morgan fingerprint density at radius 1 is 0.976 bits per heavy atom. The molecule has 0 saturated carbocycles. The van der Waals surface area contributed by atoms with Gasteiger partial charge in [-0.1, -0.05) is 83.2 Å². The molecule has 25 nitrogen and oxygen atoms in total. The Balaban J connectivity index is 0.909. The quantitative estimate of drug-likeness (QED) is 0.00741. The number of nitrogens with one attached hydrogen (secondary N) is 2. The van der Waals surface area contributed by atoms with E-state index in [4.69, 9.17) is 20.3 Å². The van der Waals surface area contributed by atoms with Gasteiger partial charge in [-0.05, 0) is 77.3 Å². The molecule has 4 heterocycles. The Kier molecular flexibility index (Phi) is 22.9. The number of likely N-dealkylation sites (N-methyl/N-ethyl adjacent to an activating group) is 1. The summed E-state index contributed by atoms with van der Waals surface area (Å²) in [5.41, 5.74) is 11.9. The van der Waals surface area contributed by atoms with Crippen molar-refractivity contribution >= 4 is 89.9 Å². The van der Waals surface area contributed by atoms with E-state index >= 15 is 0 Å². The predicted molar refractivity (Wildman–Crippen MR) is 315 cm³/mol. The van der Waals surface area contributed by atoms with Gasteiger partial charge in [0, 0.05) is 90.5 Å². The number of carbonyl (C=O) groups excluding carboxylic acids is 2. The molecule has 1 saturated heterocycles. The van der Waals surface area contributed by atoms with Gasteiger partial charge >= 0.3 is 29.2 Å². The topological polar surface area (TPSA) is 369 Å². The van der Waals surface area contributed by atoms with Gasteiger partial charge in [0.1, 0.15) is 24.7 Å². The van der Waals surface area contributed by atoms with Crippen molar-refractivity contribution < 1.29 is 83.4 Å². The van der Waals surface area contributed by atoms with Crippen LogP contribution in [-0.2, 0) is 62.1 Å². The second-order valence-corrected chi connectivity index (χ2v) is 29.2. The first-order valence-corrected chi connectivity index (χ1v) is 34.7. The highest BCUT2D eigenvalue weighted by Crippen LogP contribution is 2.66. The molecular weight excluding hydrogens is 1200 g/mol. The highest BCUT2D eigenvalue weighted by atomic mass is 33.1. The minimum Gasteiger partial charge on any atom is -0.390 e. The zero-order valence-electron chi connectivity index (χ0n) is 46.7. The maximum atomic E-state index is 12.9. The number of rotatable bonds is 27. The number of aliphatic hydroxyl groups is 1. The van der Waals surface area contributed by atoms with Gasteiger partial charge in [0.05, 0.1) is 35.1 Å². The van der Waals surface area contributed by atoms with E-state index in [1.807, 2.05) is 39.0 Å². The van der Waals surface area contributed by atoms with Gasteiger partial charge in [-0.25, -0.2) is 18.5 Å². The van der Waals surface area contributed by atoms with Crippen molar-refractivity contribution in [1.29, 1.82) is 0 Å². The van der Waals surface area contributed by atoms with Crippen molar-refractivity contribution in [2.45, 2.75) is 127 Å². The van der Waals surface area contributed by atoms with Gasteiger partial charge in [0.25, 0.3) is 10.1 Å². The summed E-state index contributed by atoms with van der Waals surface area (Å²) in [7, 11) is -18.4. The molecule has 0 radical (unpaired) electrons. The van der Waals surface area contributed by atoms with Gasteiger partial charge < -0.3 is 50.7 Å². The van der Waals surface area contributed by atoms with Crippen LogP contribution in [0.2, 0.25) is 0 Å². The summed E-state index contributed by atoms with van der Waals surface area (Å²) in [4.78, 5) is 80.5. The Bertz CT molecular complexity index is 3450. The van der Waals surface area contributed by atoms with Crippen molar-refractivity contribution in [2.24, 2.45) is 0 Å². The molecule has 83 heavy (non-hydrogen) atoms. The SMILES string of the molecule is CCN1C(=CC=CC=CC2=[N+](CCCCCC(=O)NC(C)CSSCCC(=O)NCC#Cc3cn([C@H]4C[C@@H](O)[C@@H](COP(=O)(O)OP(=O)(O)OP(=O)(O)O)O4)c(=O)nc3N)c3ccc(S(=O)(=O)O)cc3C2(C)C)C(C)(C)c2cc(C)ccc21. The number of unbranched alkanes of at least 4 members (excludes halogenated alkanes) is 2. The molecule has 2 amide bonds. The van der Waals surface area contributed by atoms with Gasteiger partial charge in [0.15, 0.2) is 5.71 Å². The maximum absolute atomic E-state index is 12.9. The second-order valence-electron chi connectivity index (χ2n) is 20.8. The highest BCUT2D eigenvalue weighted by Gasteiger charge is 2.46. The van der Waals surface area contributed by atoms with Crippen LogP contribution in [0.25, 0.3) is 0 Å². The van der Waals surface area contributed by atoms with Crippen molar-refractivity contribution in [3.8, 4) is 11.8 Å². The number of phosphoric ester groups is 1. The summed E-state index contributed by atoms with van der Waals surface area (Å²) in [6, 6.07) is 11.2. The van der Waals surface area contributed by atoms with E-state index in [2.05, 4.69) is 108 Å². The van der Waals surface area contributed by atoms with Crippen molar-refractivity contribution in [3.05, 3.63) is 111 Å². The lowest BCUT2D eigenvalue weighted by Crippen LogP contribution is -2.33. The molecule has 10 N–H and O–H groups in total. The molecule has 3 aliphatic rings. The first-order valence-electron chi connectivity index (χ1n) is 26.2. The van der Waals surface area contributed by atoms with E-state index < -0.39 is 69.7 Å². The number of hydrogen-bond donors (Lipinski definition) is 9. The molecule has 6 atom stereocenters. The first-order chi connectivity index (χ1) is 38.7. The molecule has 0 aliphatic carbocycles. The number of aliphatic hydroxyl groups excluding tert-OH is 1. The Labute approximate surface area is 489 Å². The minimum absolute atomic E-state index is 0.0574. The van der Waals surface area contributed by atoms with Crippen LogP contribution in [0.5, 0.6) is 0 Å². The second kappa shape index (κ2) is 28.2. The number of fused-ring (bicyclic) bond motifs is 2. The number of aromatic nitrogens is 2. The smallest absolute Gasteiger partial charge is 0.390 e. The normalized spacial score (nSPS) is 20.7. The molecule has 3 unspecified atom stereocenters. The summed E-state index contributed by atoms with van der Waals surface area (Å²) >= 11 is 0. The number of amides is 2. The van der Waals surface area contributed by atoms with Crippen LogP contribution in [0.1, 0.15) is 109 Å². The minimum atomic E-state index is -5.78. The maximum Gasteiger partial charge on any atom is 0.490 e. The monoisotopic (exact) mass is 1270 g/mol. The predicted octanol–water partition coefficient (Wildman–Crippen LogP) is 6.57. The molecule has 6 rings (SSSR count). The number of allylic oxidation sites excluding steroid dienone is 6. The molecule has 1 aromatic heterocycles. The molecule has 454 valence electrons. The summed E-state index contributed by atoms with van der Waals surface area (Å²) < 4.78 is 89.4. The average molecular weight is 1270 g/mol. The summed E-state index contributed by atoms with van der Waals surface area (Å²) in [5.74, 6) is 5.88. The fraction of sp³-hybridized carbons (Fsp3) is 0.481. The van der Waals surface area contributed by atoms with E-state index in [0.717, 1.165) is 40.9 Å². The largest absolute Gasteiger partial charge is 0.490 e. The van der Waals surface area contributed by atoms with E-state index in [-0.39, 0.29) is 58.9 Å². The molecule has 3 aliphatic heterocycles. The van der Waals surface area contributed by atoms with Crippen LogP contribution in [0.15, 0.2) is 88.4 Å². The fourth-order valence-corrected chi connectivity index (χ4v) is 15.5. The highest BCUT2D eigenvalue weighted by molar-refractivity contribution is 8.76. The number of nitrogens with two attached hydrogens (primary N) is 1. The molecular formula is C52H71N7O18P3S3+. The third-order valence-electron chi connectivity index (χ3n) is 13.7. The summed E-state index contributed by atoms with van der Waals surface area (Å²) in [5, 5.41) is 16.2. The Morgan fingerprint density at radius 2 is 1.71 bits per heavy atom. The Morgan fingerprint density at radius 3 is 2.41 bits per heavy atom. The molecule has 0 spiro atoms. The zero-order chi connectivity index (χ0) is 61.3. The standard InChI is InChI=1S/C52H70N7O18P3S3/c1-8-57-40-22-20-34(2)28-38(40)51(4,5)44(57)17-11-9-12-18-45-52(6,7)39-29-37(83(71,72)73)21-23-41(39)58(45)26-14-10-13-19-47(62)55-35(3)33-82-81-27-24-46(61)54-25-15-16-36-31-59(50(63)56-49(36)53)48-30-42(60)43(75-48)32-74-79(67,68)77-80(69,70)76-78(64,65)66/h9,11-12,17-18,20-23,28-29,31,35,42-43,48,60H,8,10,13-14,19,24-27,30,32-33H2,1-7H3,(H8-,53,54,55,56,61,62,63,64,65,66,67,68,69,70,71,72,73)/p+1/t35?,42-,43-,48-/m1/s1. The number of anilines is 2. The fourth-order valence-electron chi connectivity index (χ4n) is 9.67. The molecule has 0 bridgehead atoms. The number of carbonyl (C=O) groups is 2. The Hall–Kier alpha value is -4.75. The molecule has 3 aromatic rings. The van der Waals surface area contributed by atoms with Gasteiger partial charge in [-0.3, -0.25) is 23.2 Å². The van der Waals surface area contributed by atoms with Crippen molar-refractivity contribution in [3.63, 3.8) is 0 Å². The number of nitrogen functional groups attached to an aromatic ring is 1. The van der Waals surface area contributed by atoms with E-state index in [1.165, 1.54) is 56.4 Å². The number of hydrogen-bond acceptors (Lipinski definition) is 18. The molecule has 31 heteroatoms. The number of ether oxygens (including phenoxy) is 1. The zero-order valence-corrected chi connectivity index (χ0v) is 51.9. The van der Waals surface area contributed by atoms with Crippen LogP contribution in [0.4, 0.5) is 17.2 Å². The number of phosphoric acid groups is 3. The van der Waals surface area contributed by atoms with Gasteiger partial charge in [0.2, 0.25) is 17.5 Å². The first kappa shape index (κ1) is 67.4. The third kappa shape index (κ3) is 18.4. The van der Waals surface area contributed by atoms with Crippen LogP contribution in [0.3, 0.4) is 0 Å². The molecule has 1 fully saturated rings. The number of aryl methyl sites for hydroxylation is 1. The van der Waals surface area contributed by atoms with Crippen molar-refractivity contribution in [2.75, 3.05) is 48.4 Å². The van der Waals surface area contributed by atoms with Crippen LogP contribution in [0, 0.1) is 18.8 Å². The third-order valence-corrected chi connectivity index (χ3v) is 20.9. The van der Waals surface area contributed by atoms with Gasteiger partial charge in [-0.2, -0.15) is 26.6 Å². The lowest BCUT2D eigenvalue weighted by atomic mass is 9.81. The van der Waals surface area contributed by atoms with Crippen LogP contribution >= 0.6 is 45.1 Å². The molecule has 2 aromatic carbocycles. The number of benzene rings is 2.